The fraction of sp³-hybridized carbons (Fsp3) is 0.619. The highest BCUT2D eigenvalue weighted by atomic mass is 16.5. The van der Waals surface area contributed by atoms with Crippen LogP contribution >= 0.6 is 0 Å². The molecule has 1 aromatic rings. The number of ether oxygens (including phenoxy) is 2. The number of hydrogen-bond donors (Lipinski definition) is 2. The van der Waals surface area contributed by atoms with E-state index in [0.29, 0.717) is 30.3 Å². The summed E-state index contributed by atoms with van der Waals surface area (Å²) in [4.78, 5) is 27.2. The van der Waals surface area contributed by atoms with E-state index in [1.54, 1.807) is 25.2 Å². The molecule has 3 amide bonds. The number of aryl methyl sites for hydroxylation is 1. The highest BCUT2D eigenvalue weighted by Crippen LogP contribution is 2.33. The van der Waals surface area contributed by atoms with Gasteiger partial charge in [-0.15, -0.1) is 0 Å². The lowest BCUT2D eigenvalue weighted by Crippen LogP contribution is -2.49. The van der Waals surface area contributed by atoms with Crippen LogP contribution in [-0.4, -0.2) is 50.2 Å². The first-order valence-electron chi connectivity index (χ1n) is 10.1. The van der Waals surface area contributed by atoms with Crippen molar-refractivity contribution in [3.05, 3.63) is 17.7 Å². The third kappa shape index (κ3) is 4.69. The Balaban J connectivity index is 1.61. The molecule has 1 unspecified atom stereocenters. The number of carbonyl (C=O) groups excluding carboxylic acids is 2. The minimum atomic E-state index is -0.212. The van der Waals surface area contributed by atoms with E-state index in [1.165, 1.54) is 12.8 Å². The average molecular weight is 389 g/mol. The summed E-state index contributed by atoms with van der Waals surface area (Å²) in [5, 5.41) is 6.13. The van der Waals surface area contributed by atoms with Crippen LogP contribution in [0.2, 0.25) is 0 Å². The number of anilines is 1. The Kier molecular flexibility index (Phi) is 6.65. The first kappa shape index (κ1) is 20.3. The number of likely N-dealkylation sites (tertiary alicyclic amines) is 1. The molecular weight excluding hydrogens is 358 g/mol. The molecule has 1 aliphatic heterocycles. The molecule has 1 atom stereocenters. The van der Waals surface area contributed by atoms with Gasteiger partial charge < -0.3 is 25.0 Å². The molecule has 0 radical (unpaired) electrons. The minimum Gasteiger partial charge on any atom is -0.493 e. The number of amides is 3. The molecule has 1 aliphatic carbocycles. The van der Waals surface area contributed by atoms with Crippen LogP contribution in [0.25, 0.3) is 0 Å². The van der Waals surface area contributed by atoms with Crippen molar-refractivity contribution in [3.8, 4) is 11.5 Å². The van der Waals surface area contributed by atoms with Gasteiger partial charge in [-0.25, -0.2) is 4.79 Å². The van der Waals surface area contributed by atoms with Crippen LogP contribution in [0.5, 0.6) is 11.5 Å². The van der Waals surface area contributed by atoms with Gasteiger partial charge >= 0.3 is 6.03 Å². The van der Waals surface area contributed by atoms with Gasteiger partial charge in [0.25, 0.3) is 0 Å². The molecule has 1 saturated heterocycles. The van der Waals surface area contributed by atoms with Gasteiger partial charge in [0.05, 0.1) is 20.1 Å². The van der Waals surface area contributed by atoms with Crippen LogP contribution in [0.1, 0.15) is 44.1 Å². The first-order valence-corrected chi connectivity index (χ1v) is 10.1. The Hall–Kier alpha value is -2.44. The summed E-state index contributed by atoms with van der Waals surface area (Å²) in [5.41, 5.74) is 1.60. The maximum Gasteiger partial charge on any atom is 0.317 e. The van der Waals surface area contributed by atoms with Gasteiger partial charge in [-0.2, -0.15) is 0 Å². The monoisotopic (exact) mass is 389 g/mol. The van der Waals surface area contributed by atoms with E-state index >= 15 is 0 Å². The van der Waals surface area contributed by atoms with Crippen LogP contribution in [0, 0.1) is 12.8 Å². The zero-order chi connectivity index (χ0) is 20.1. The number of urea groups is 1. The lowest BCUT2D eigenvalue weighted by molar-refractivity contribution is -0.121. The van der Waals surface area contributed by atoms with Gasteiger partial charge in [-0.3, -0.25) is 4.79 Å². The molecule has 2 N–H and O–H groups in total. The second-order valence-electron chi connectivity index (χ2n) is 7.73. The predicted molar refractivity (Wildman–Crippen MR) is 108 cm³/mol. The van der Waals surface area contributed by atoms with Crippen molar-refractivity contribution in [2.24, 2.45) is 5.92 Å². The number of nitrogens with zero attached hydrogens (tertiary/aromatic N) is 1. The summed E-state index contributed by atoms with van der Waals surface area (Å²) in [7, 11) is 3.16. The predicted octanol–water partition coefficient (Wildman–Crippen LogP) is 3.31. The van der Waals surface area contributed by atoms with Crippen molar-refractivity contribution in [2.45, 2.75) is 51.5 Å². The summed E-state index contributed by atoms with van der Waals surface area (Å²) in [6.07, 6.45) is 6.10. The van der Waals surface area contributed by atoms with E-state index in [9.17, 15) is 9.59 Å². The molecule has 0 aromatic heterocycles. The van der Waals surface area contributed by atoms with Crippen molar-refractivity contribution in [3.63, 3.8) is 0 Å². The van der Waals surface area contributed by atoms with Gasteiger partial charge in [0, 0.05) is 30.9 Å². The maximum absolute atomic E-state index is 12.8. The van der Waals surface area contributed by atoms with Gasteiger partial charge in [0.1, 0.15) is 0 Å². The topological polar surface area (TPSA) is 79.9 Å². The summed E-state index contributed by atoms with van der Waals surface area (Å²) >= 11 is 0. The fourth-order valence-corrected chi connectivity index (χ4v) is 4.06. The number of carbonyl (C=O) groups is 2. The Labute approximate surface area is 166 Å². The van der Waals surface area contributed by atoms with Crippen LogP contribution in [0.4, 0.5) is 10.5 Å². The van der Waals surface area contributed by atoms with Gasteiger partial charge in [-0.05, 0) is 44.2 Å². The van der Waals surface area contributed by atoms with E-state index < -0.39 is 0 Å². The van der Waals surface area contributed by atoms with Gasteiger partial charge in [-0.1, -0.05) is 12.8 Å². The van der Waals surface area contributed by atoms with Gasteiger partial charge in [0.2, 0.25) is 5.91 Å². The van der Waals surface area contributed by atoms with Crippen molar-refractivity contribution in [1.29, 1.82) is 0 Å². The molecule has 7 nitrogen and oxygen atoms in total. The molecule has 1 aromatic carbocycles. The second-order valence-corrected chi connectivity index (χ2v) is 7.73. The highest BCUT2D eigenvalue weighted by Gasteiger charge is 2.30. The van der Waals surface area contributed by atoms with Crippen LogP contribution in [0.15, 0.2) is 12.1 Å². The molecule has 0 spiro atoms. The van der Waals surface area contributed by atoms with Gasteiger partial charge in [0.15, 0.2) is 11.5 Å². The third-order valence-corrected chi connectivity index (χ3v) is 5.75. The number of rotatable bonds is 5. The summed E-state index contributed by atoms with van der Waals surface area (Å²) < 4.78 is 10.6. The first-order chi connectivity index (χ1) is 13.5. The molecule has 2 aliphatic rings. The van der Waals surface area contributed by atoms with E-state index in [0.717, 1.165) is 31.2 Å². The molecule has 7 heteroatoms. The van der Waals surface area contributed by atoms with Crippen LogP contribution in [0.3, 0.4) is 0 Å². The Morgan fingerprint density at radius 3 is 2.39 bits per heavy atom. The van der Waals surface area contributed by atoms with Crippen molar-refractivity contribution < 1.29 is 19.1 Å². The molecule has 28 heavy (non-hydrogen) atoms. The Bertz CT molecular complexity index is 716. The van der Waals surface area contributed by atoms with Crippen LogP contribution in [-0.2, 0) is 4.79 Å². The second kappa shape index (κ2) is 9.17. The normalized spacial score (nSPS) is 20.0. The van der Waals surface area contributed by atoms with E-state index in [4.69, 9.17) is 9.47 Å². The lowest BCUT2D eigenvalue weighted by Gasteiger charge is -2.33. The maximum atomic E-state index is 12.8. The van der Waals surface area contributed by atoms with Crippen molar-refractivity contribution >= 4 is 17.6 Å². The van der Waals surface area contributed by atoms with E-state index in [2.05, 4.69) is 10.6 Å². The molecular formula is C21H31N3O4. The fourth-order valence-electron chi connectivity index (χ4n) is 4.06. The molecule has 3 rings (SSSR count). The molecule has 154 valence electrons. The quantitative estimate of drug-likeness (QED) is 0.810. The zero-order valence-corrected chi connectivity index (χ0v) is 17.0. The number of benzene rings is 1. The number of piperidine rings is 1. The third-order valence-electron chi connectivity index (χ3n) is 5.75. The SMILES string of the molecule is COc1cc(C)c(NC(=O)C2CCCN(C(=O)NC3CCCC3)C2)cc1OC. The average Bonchev–Trinajstić information content (AvgIpc) is 3.22. The smallest absolute Gasteiger partial charge is 0.317 e. The minimum absolute atomic E-state index is 0.0355. The largest absolute Gasteiger partial charge is 0.493 e. The zero-order valence-electron chi connectivity index (χ0n) is 17.0. The molecule has 2 fully saturated rings. The summed E-state index contributed by atoms with van der Waals surface area (Å²) in [5.74, 6) is 0.930. The molecule has 1 heterocycles. The molecule has 0 bridgehead atoms. The van der Waals surface area contributed by atoms with Crippen molar-refractivity contribution in [1.82, 2.24) is 10.2 Å². The van der Waals surface area contributed by atoms with Crippen molar-refractivity contribution in [2.75, 3.05) is 32.6 Å². The lowest BCUT2D eigenvalue weighted by atomic mass is 9.97. The summed E-state index contributed by atoms with van der Waals surface area (Å²) in [6.45, 7) is 3.08. The number of hydrogen-bond acceptors (Lipinski definition) is 4. The van der Waals surface area contributed by atoms with E-state index in [-0.39, 0.29) is 23.9 Å². The standard InChI is InChI=1S/C21H31N3O4/c1-14-11-18(27-2)19(28-3)12-17(14)23-20(25)15-7-6-10-24(13-15)21(26)22-16-8-4-5-9-16/h11-12,15-16H,4-10,13H2,1-3H3,(H,22,26)(H,23,25). The Morgan fingerprint density at radius 2 is 1.71 bits per heavy atom. The Morgan fingerprint density at radius 1 is 1.04 bits per heavy atom. The summed E-state index contributed by atoms with van der Waals surface area (Å²) in [6, 6.07) is 3.87. The number of methoxy groups -OCH3 is 2. The number of nitrogens with one attached hydrogen (secondary N) is 2. The van der Waals surface area contributed by atoms with E-state index in [1.807, 2.05) is 13.0 Å². The molecule has 1 saturated carbocycles. The van der Waals surface area contributed by atoms with Crippen LogP contribution < -0.4 is 20.1 Å². The highest BCUT2D eigenvalue weighted by molar-refractivity contribution is 5.94.